The molecule has 2 aromatic carbocycles. The summed E-state index contributed by atoms with van der Waals surface area (Å²) >= 11 is 0. The molecule has 4 rings (SSSR count). The minimum atomic E-state index is -0.491. The first-order valence-electron chi connectivity index (χ1n) is 8.95. The topological polar surface area (TPSA) is 54.9 Å². The number of hydrogen-bond donors (Lipinski definition) is 2. The van der Waals surface area contributed by atoms with Gasteiger partial charge in [0.1, 0.15) is 11.6 Å². The summed E-state index contributed by atoms with van der Waals surface area (Å²) in [5, 5.41) is 6.47. The predicted molar refractivity (Wildman–Crippen MR) is 98.3 cm³/mol. The molecule has 2 N–H and O–H groups in total. The molecule has 1 aliphatic carbocycles. The van der Waals surface area contributed by atoms with E-state index in [1.807, 2.05) is 18.2 Å². The Bertz CT molecular complexity index is 852. The molecule has 2 aliphatic rings. The number of ether oxygens (including phenoxy) is 2. The fourth-order valence-corrected chi connectivity index (χ4v) is 3.33. The lowest BCUT2D eigenvalue weighted by atomic mass is 10.1. The molecule has 0 spiro atoms. The summed E-state index contributed by atoms with van der Waals surface area (Å²) in [4.78, 5) is 4.19. The summed E-state index contributed by atoms with van der Waals surface area (Å²) in [6.45, 7) is 0.934. The Kier molecular flexibility index (Phi) is 4.83. The molecule has 2 unspecified atom stereocenters. The van der Waals surface area contributed by atoms with Gasteiger partial charge in [0.15, 0.2) is 17.5 Å². The van der Waals surface area contributed by atoms with Crippen LogP contribution in [0.15, 0.2) is 41.4 Å². The smallest absolute Gasteiger partial charge is 0.231 e. The van der Waals surface area contributed by atoms with Crippen molar-refractivity contribution in [2.24, 2.45) is 4.99 Å². The van der Waals surface area contributed by atoms with Crippen LogP contribution in [0.1, 0.15) is 23.5 Å². The van der Waals surface area contributed by atoms with Crippen molar-refractivity contribution < 1.29 is 18.3 Å². The van der Waals surface area contributed by atoms with E-state index in [9.17, 15) is 8.78 Å². The molecule has 5 nitrogen and oxygen atoms in total. The number of rotatable bonds is 5. The van der Waals surface area contributed by atoms with E-state index in [-0.39, 0.29) is 24.3 Å². The van der Waals surface area contributed by atoms with E-state index in [1.54, 1.807) is 7.05 Å². The molecular formula is C20H21F2N3O2. The van der Waals surface area contributed by atoms with Crippen molar-refractivity contribution in [3.8, 4) is 11.5 Å². The lowest BCUT2D eigenvalue weighted by molar-refractivity contribution is 0.174. The third kappa shape index (κ3) is 3.82. The highest BCUT2D eigenvalue weighted by atomic mass is 19.1. The summed E-state index contributed by atoms with van der Waals surface area (Å²) in [6.07, 6.45) is 1.47. The second kappa shape index (κ2) is 7.42. The molecule has 7 heteroatoms. The first kappa shape index (κ1) is 17.6. The van der Waals surface area contributed by atoms with Gasteiger partial charge in [0.25, 0.3) is 0 Å². The van der Waals surface area contributed by atoms with Crippen LogP contribution in [0, 0.1) is 11.6 Å². The summed E-state index contributed by atoms with van der Waals surface area (Å²) < 4.78 is 38.5. The monoisotopic (exact) mass is 373 g/mol. The lowest BCUT2D eigenvalue weighted by Crippen LogP contribution is -2.40. The van der Waals surface area contributed by atoms with Gasteiger partial charge in [-0.25, -0.2) is 8.78 Å². The van der Waals surface area contributed by atoms with Gasteiger partial charge in [0.05, 0.1) is 0 Å². The number of fused-ring (bicyclic) bond motifs is 1. The minimum absolute atomic E-state index is 0.0202. The van der Waals surface area contributed by atoms with Gasteiger partial charge in [-0.2, -0.15) is 0 Å². The van der Waals surface area contributed by atoms with Crippen LogP contribution >= 0.6 is 0 Å². The third-order valence-electron chi connectivity index (χ3n) is 4.85. The molecule has 1 aliphatic heterocycles. The largest absolute Gasteiger partial charge is 0.454 e. The van der Waals surface area contributed by atoms with Gasteiger partial charge in [-0.3, -0.25) is 4.99 Å². The fraction of sp³-hybridized carbons (Fsp3) is 0.350. The Labute approximate surface area is 156 Å². The van der Waals surface area contributed by atoms with Crippen LogP contribution in [-0.2, 0) is 6.42 Å². The van der Waals surface area contributed by atoms with Gasteiger partial charge >= 0.3 is 0 Å². The molecule has 0 radical (unpaired) electrons. The van der Waals surface area contributed by atoms with Crippen LogP contribution in [0.4, 0.5) is 8.78 Å². The van der Waals surface area contributed by atoms with Crippen LogP contribution in [-0.4, -0.2) is 32.4 Å². The first-order chi connectivity index (χ1) is 13.2. The summed E-state index contributed by atoms with van der Waals surface area (Å²) in [5.41, 5.74) is 1.28. The lowest BCUT2D eigenvalue weighted by Gasteiger charge is -2.12. The average molecular weight is 373 g/mol. The number of nitrogens with one attached hydrogen (secondary N) is 2. The number of guanidine groups is 1. The number of nitrogens with zero attached hydrogens (tertiary/aromatic N) is 1. The Morgan fingerprint density at radius 2 is 1.93 bits per heavy atom. The zero-order chi connectivity index (χ0) is 18.8. The van der Waals surface area contributed by atoms with Crippen molar-refractivity contribution in [3.63, 3.8) is 0 Å². The molecule has 0 aromatic heterocycles. The van der Waals surface area contributed by atoms with E-state index in [4.69, 9.17) is 9.47 Å². The molecule has 0 amide bonds. The van der Waals surface area contributed by atoms with Crippen molar-refractivity contribution in [1.29, 1.82) is 0 Å². The zero-order valence-electron chi connectivity index (χ0n) is 15.0. The van der Waals surface area contributed by atoms with Crippen molar-refractivity contribution in [1.82, 2.24) is 10.6 Å². The van der Waals surface area contributed by atoms with E-state index in [2.05, 4.69) is 15.6 Å². The van der Waals surface area contributed by atoms with E-state index in [1.165, 1.54) is 18.2 Å². The zero-order valence-corrected chi connectivity index (χ0v) is 15.0. The van der Waals surface area contributed by atoms with Crippen LogP contribution in [0.5, 0.6) is 11.5 Å². The van der Waals surface area contributed by atoms with E-state index < -0.39 is 11.6 Å². The van der Waals surface area contributed by atoms with E-state index in [0.717, 1.165) is 23.5 Å². The normalized spacial score (nSPS) is 20.5. The number of hydrogen-bond acceptors (Lipinski definition) is 3. The van der Waals surface area contributed by atoms with Gasteiger partial charge in [0, 0.05) is 31.1 Å². The average Bonchev–Trinajstić information content (AvgIpc) is 3.23. The van der Waals surface area contributed by atoms with Gasteiger partial charge < -0.3 is 20.1 Å². The maximum atomic E-state index is 13.9. The minimum Gasteiger partial charge on any atom is -0.454 e. The summed E-state index contributed by atoms with van der Waals surface area (Å²) in [6, 6.07) is 9.84. The molecule has 27 heavy (non-hydrogen) atoms. The Morgan fingerprint density at radius 3 is 2.70 bits per heavy atom. The number of benzene rings is 2. The van der Waals surface area contributed by atoms with E-state index in [0.29, 0.717) is 18.9 Å². The van der Waals surface area contributed by atoms with Gasteiger partial charge in [-0.05, 0) is 42.7 Å². The molecular weight excluding hydrogens is 352 g/mol. The van der Waals surface area contributed by atoms with Crippen LogP contribution < -0.4 is 20.1 Å². The molecule has 142 valence electrons. The van der Waals surface area contributed by atoms with Crippen molar-refractivity contribution in [2.75, 3.05) is 20.4 Å². The number of halogens is 2. The second-order valence-electron chi connectivity index (χ2n) is 6.66. The highest BCUT2D eigenvalue weighted by molar-refractivity contribution is 5.80. The molecule has 2 aromatic rings. The summed E-state index contributed by atoms with van der Waals surface area (Å²) in [7, 11) is 1.68. The first-order valence-corrected chi connectivity index (χ1v) is 8.95. The predicted octanol–water partition coefficient (Wildman–Crippen LogP) is 2.96. The molecule has 2 atom stereocenters. The highest BCUT2D eigenvalue weighted by Gasteiger charge is 2.42. The van der Waals surface area contributed by atoms with Crippen LogP contribution in [0.3, 0.4) is 0 Å². The second-order valence-corrected chi connectivity index (χ2v) is 6.66. The third-order valence-corrected chi connectivity index (χ3v) is 4.85. The highest BCUT2D eigenvalue weighted by Crippen LogP contribution is 2.43. The van der Waals surface area contributed by atoms with Gasteiger partial charge in [-0.15, -0.1) is 0 Å². The number of aliphatic imine (C=N–C) groups is 1. The molecule has 0 saturated heterocycles. The molecule has 0 bridgehead atoms. The SMILES string of the molecule is CN=C(NCCc1ccc2c(c1)OCO2)NC1CC1c1c(F)cccc1F. The standard InChI is InChI=1S/C20H21F2N3O2/c1-23-20(24-8-7-12-5-6-17-18(9-12)27-11-26-17)25-16-10-13(16)19-14(21)3-2-4-15(19)22/h2-6,9,13,16H,7-8,10-11H2,1H3,(H2,23,24,25). The fourth-order valence-electron chi connectivity index (χ4n) is 3.33. The van der Waals surface area contributed by atoms with Crippen molar-refractivity contribution in [2.45, 2.75) is 24.8 Å². The maximum Gasteiger partial charge on any atom is 0.231 e. The van der Waals surface area contributed by atoms with E-state index >= 15 is 0 Å². The van der Waals surface area contributed by atoms with Gasteiger partial charge in [0.2, 0.25) is 6.79 Å². The molecule has 1 fully saturated rings. The Morgan fingerprint density at radius 1 is 1.15 bits per heavy atom. The van der Waals surface area contributed by atoms with Gasteiger partial charge in [-0.1, -0.05) is 12.1 Å². The molecule has 1 saturated carbocycles. The molecule has 1 heterocycles. The van der Waals surface area contributed by atoms with Crippen molar-refractivity contribution in [3.05, 3.63) is 59.2 Å². The van der Waals surface area contributed by atoms with Crippen LogP contribution in [0.2, 0.25) is 0 Å². The Hall–Kier alpha value is -2.83. The maximum absolute atomic E-state index is 13.9. The van der Waals surface area contributed by atoms with Crippen LogP contribution in [0.25, 0.3) is 0 Å². The Balaban J connectivity index is 1.28. The van der Waals surface area contributed by atoms with Crippen molar-refractivity contribution >= 4 is 5.96 Å². The summed E-state index contributed by atoms with van der Waals surface area (Å²) in [5.74, 6) is 1.01. The quantitative estimate of drug-likeness (QED) is 0.625.